The van der Waals surface area contributed by atoms with Crippen LogP contribution >= 0.6 is 12.9 Å². The number of ether oxygens (including phenoxy) is 1. The number of esters is 1. The third-order valence-corrected chi connectivity index (χ3v) is 1.07. The van der Waals surface area contributed by atoms with Gasteiger partial charge in [-0.1, -0.05) is 6.58 Å². The van der Waals surface area contributed by atoms with Crippen LogP contribution in [-0.4, -0.2) is 12.3 Å². The molecule has 58 valence electrons. The largest absolute Gasteiger partial charge is 0.432 e. The van der Waals surface area contributed by atoms with Gasteiger partial charge in [0.05, 0.1) is 0 Å². The van der Waals surface area contributed by atoms with Crippen LogP contribution in [0.4, 0.5) is 0 Å². The minimum absolute atomic E-state index is 0.345. The Morgan fingerprint density at radius 3 is 2.50 bits per heavy atom. The summed E-state index contributed by atoms with van der Waals surface area (Å²) < 4.78 is 9.01. The Kier molecular flexibility index (Phi) is 4.14. The number of thiol groups is 1. The maximum Gasteiger partial charge on any atom is 0.335 e. The molecule has 0 aromatic heterocycles. The van der Waals surface area contributed by atoms with Crippen molar-refractivity contribution in [2.45, 2.75) is 20.1 Å². The van der Waals surface area contributed by atoms with Crippen molar-refractivity contribution >= 4 is 18.9 Å². The molecule has 0 heterocycles. The summed E-state index contributed by atoms with van der Waals surface area (Å²) in [6, 6.07) is 0. The van der Waals surface area contributed by atoms with Gasteiger partial charge in [0.25, 0.3) is 0 Å². The number of hydrogen-bond donors (Lipinski definition) is 1. The summed E-state index contributed by atoms with van der Waals surface area (Å²) in [7, 11) is 0. The third-order valence-electron chi connectivity index (χ3n) is 0.770. The van der Waals surface area contributed by atoms with Gasteiger partial charge in [0, 0.05) is 5.57 Å². The van der Waals surface area contributed by atoms with E-state index in [4.69, 9.17) is 0 Å². The normalized spacial score (nSPS) is 12.3. The van der Waals surface area contributed by atoms with Gasteiger partial charge >= 0.3 is 5.97 Å². The predicted molar refractivity (Wildman–Crippen MR) is 40.4 cm³/mol. The van der Waals surface area contributed by atoms with E-state index in [1.165, 1.54) is 0 Å². The Labute approximate surface area is 65.6 Å². The van der Waals surface area contributed by atoms with Crippen LogP contribution in [0.5, 0.6) is 0 Å². The number of rotatable bonds is 3. The highest BCUT2D eigenvalue weighted by Gasteiger charge is 2.07. The van der Waals surface area contributed by atoms with Crippen molar-refractivity contribution in [3.05, 3.63) is 12.2 Å². The van der Waals surface area contributed by atoms with Gasteiger partial charge in [0.15, 0.2) is 0 Å². The van der Waals surface area contributed by atoms with Crippen molar-refractivity contribution in [2.75, 3.05) is 0 Å². The Balaban J connectivity index is 3.68. The molecule has 0 bridgehead atoms. The number of carbonyl (C=O) groups excluding carboxylic acids is 1. The smallest absolute Gasteiger partial charge is 0.335 e. The van der Waals surface area contributed by atoms with Crippen molar-refractivity contribution in [3.8, 4) is 0 Å². The van der Waals surface area contributed by atoms with Crippen molar-refractivity contribution < 1.29 is 13.7 Å². The lowest BCUT2D eigenvalue weighted by Crippen LogP contribution is -2.14. The van der Waals surface area contributed by atoms with Gasteiger partial charge in [-0.15, -0.1) is 0 Å². The molecule has 0 aromatic carbocycles. The van der Waals surface area contributed by atoms with Crippen LogP contribution in [0.3, 0.4) is 0 Å². The summed E-state index contributed by atoms with van der Waals surface area (Å²) in [4.78, 5) is 10.7. The first-order chi connectivity index (χ1) is 4.57. The average Bonchev–Trinajstić information content (AvgIpc) is 1.87. The Hall–Kier alpha value is -0.480. The van der Waals surface area contributed by atoms with E-state index in [0.29, 0.717) is 5.57 Å². The Morgan fingerprint density at radius 2 is 2.20 bits per heavy atom. The lowest BCUT2D eigenvalue weighted by molar-refractivity contribution is -0.154. The quantitative estimate of drug-likeness (QED) is 0.223. The van der Waals surface area contributed by atoms with Crippen molar-refractivity contribution in [1.29, 1.82) is 0 Å². The molecule has 1 unspecified atom stereocenters. The van der Waals surface area contributed by atoms with E-state index in [-0.39, 0.29) is 0 Å². The summed E-state index contributed by atoms with van der Waals surface area (Å²) >= 11 is 3.45. The molecular weight excluding hydrogens is 152 g/mol. The lowest BCUT2D eigenvalue weighted by atomic mass is 10.4. The second-order valence-corrected chi connectivity index (χ2v) is 2.07. The molecule has 0 aliphatic carbocycles. The molecule has 0 saturated heterocycles. The van der Waals surface area contributed by atoms with Crippen LogP contribution in [0.1, 0.15) is 13.8 Å². The fraction of sp³-hybridized carbons (Fsp3) is 0.500. The highest BCUT2D eigenvalue weighted by Crippen LogP contribution is 2.00. The zero-order valence-electron chi connectivity index (χ0n) is 5.96. The fourth-order valence-corrected chi connectivity index (χ4v) is 0.316. The van der Waals surface area contributed by atoms with Crippen LogP contribution in [0.25, 0.3) is 0 Å². The summed E-state index contributed by atoms with van der Waals surface area (Å²) in [6.07, 6.45) is -0.632. The summed E-state index contributed by atoms with van der Waals surface area (Å²) in [5.74, 6) is -0.471. The van der Waals surface area contributed by atoms with E-state index in [0.717, 1.165) is 0 Å². The van der Waals surface area contributed by atoms with Gasteiger partial charge in [0.2, 0.25) is 6.29 Å². The summed E-state index contributed by atoms with van der Waals surface area (Å²) in [6.45, 7) is 6.51. The third kappa shape index (κ3) is 3.53. The molecule has 0 N–H and O–H groups in total. The molecule has 10 heavy (non-hydrogen) atoms. The highest BCUT2D eigenvalue weighted by atomic mass is 32.1. The molecule has 0 radical (unpaired) electrons. The second-order valence-electron chi connectivity index (χ2n) is 1.86. The average molecular weight is 162 g/mol. The molecule has 0 aliphatic rings. The molecule has 0 spiro atoms. The van der Waals surface area contributed by atoms with E-state index < -0.39 is 12.3 Å². The monoisotopic (exact) mass is 162 g/mol. The van der Waals surface area contributed by atoms with Crippen molar-refractivity contribution in [1.82, 2.24) is 0 Å². The SMILES string of the molecule is C=C(C)C(=O)OC(C)OS. The van der Waals surface area contributed by atoms with Gasteiger partial charge in [-0.25, -0.2) is 4.79 Å². The fourth-order valence-electron chi connectivity index (χ4n) is 0.273. The molecular formula is C6H10O3S. The van der Waals surface area contributed by atoms with E-state index in [1.54, 1.807) is 13.8 Å². The van der Waals surface area contributed by atoms with E-state index in [2.05, 4.69) is 28.4 Å². The van der Waals surface area contributed by atoms with Gasteiger partial charge in [-0.05, 0) is 26.8 Å². The molecule has 3 nitrogen and oxygen atoms in total. The van der Waals surface area contributed by atoms with Gasteiger partial charge in [-0.2, -0.15) is 0 Å². The molecule has 1 atom stereocenters. The maximum atomic E-state index is 10.7. The molecule has 0 aromatic rings. The second kappa shape index (κ2) is 4.35. The first-order valence-electron chi connectivity index (χ1n) is 2.74. The number of hydrogen-bond acceptors (Lipinski definition) is 4. The standard InChI is InChI=1S/C6H10O3S/c1-4(2)6(7)8-5(3)9-10/h5,10H,1H2,2-3H3. The van der Waals surface area contributed by atoms with Crippen LogP contribution in [0.2, 0.25) is 0 Å². The molecule has 4 heteroatoms. The first kappa shape index (κ1) is 9.52. The van der Waals surface area contributed by atoms with Crippen LogP contribution in [0, 0.1) is 0 Å². The lowest BCUT2D eigenvalue weighted by Gasteiger charge is -2.08. The molecule has 0 saturated carbocycles. The van der Waals surface area contributed by atoms with Crippen LogP contribution < -0.4 is 0 Å². The highest BCUT2D eigenvalue weighted by molar-refractivity contribution is 7.75. The first-order valence-corrected chi connectivity index (χ1v) is 3.11. The van der Waals surface area contributed by atoms with Crippen molar-refractivity contribution in [2.24, 2.45) is 0 Å². The Morgan fingerprint density at radius 1 is 1.70 bits per heavy atom. The van der Waals surface area contributed by atoms with E-state index in [1.807, 2.05) is 0 Å². The minimum Gasteiger partial charge on any atom is -0.432 e. The van der Waals surface area contributed by atoms with E-state index in [9.17, 15) is 4.79 Å². The molecule has 0 amide bonds. The summed E-state index contributed by atoms with van der Waals surface area (Å²) in [5.41, 5.74) is 0.345. The minimum atomic E-state index is -0.632. The molecule has 0 aliphatic heterocycles. The van der Waals surface area contributed by atoms with Gasteiger partial charge in [0.1, 0.15) is 0 Å². The topological polar surface area (TPSA) is 35.5 Å². The van der Waals surface area contributed by atoms with Gasteiger partial charge < -0.3 is 4.74 Å². The Bertz CT molecular complexity index is 144. The summed E-state index contributed by atoms with van der Waals surface area (Å²) in [5, 5.41) is 0. The van der Waals surface area contributed by atoms with E-state index >= 15 is 0 Å². The van der Waals surface area contributed by atoms with Crippen LogP contribution in [-0.2, 0) is 13.7 Å². The van der Waals surface area contributed by atoms with Crippen molar-refractivity contribution in [3.63, 3.8) is 0 Å². The zero-order chi connectivity index (χ0) is 8.15. The number of carbonyl (C=O) groups is 1. The predicted octanol–water partition coefficient (Wildman–Crippen LogP) is 1.31. The van der Waals surface area contributed by atoms with Gasteiger partial charge in [-0.3, -0.25) is 4.18 Å². The molecule has 0 rings (SSSR count). The molecule has 0 fully saturated rings. The van der Waals surface area contributed by atoms with Crippen LogP contribution in [0.15, 0.2) is 12.2 Å². The maximum absolute atomic E-state index is 10.7. The zero-order valence-corrected chi connectivity index (χ0v) is 6.85.